The van der Waals surface area contributed by atoms with Crippen molar-refractivity contribution < 1.29 is 4.79 Å². The Morgan fingerprint density at radius 2 is 2.07 bits per heavy atom. The Morgan fingerprint density at radius 3 is 2.73 bits per heavy atom. The zero-order valence-corrected chi connectivity index (χ0v) is 8.45. The summed E-state index contributed by atoms with van der Waals surface area (Å²) in [4.78, 5) is 11.0. The topological polar surface area (TPSA) is 40.9 Å². The maximum Gasteiger partial charge on any atom is 0.252 e. The van der Waals surface area contributed by atoms with Crippen molar-refractivity contribution in [1.82, 2.24) is 0 Å². The zero-order valence-electron chi connectivity index (χ0n) is 7.70. The number of hydrogen-bond acceptors (Lipinski definition) is 2. The van der Waals surface area contributed by atoms with Crippen LogP contribution in [0.15, 0.2) is 36.4 Å². The number of nitrogens with zero attached hydrogens (tertiary/aromatic N) is 1. The van der Waals surface area contributed by atoms with Gasteiger partial charge < -0.3 is 0 Å². The average molecular weight is 216 g/mol. The molecule has 2 rings (SSSR count). The van der Waals surface area contributed by atoms with Gasteiger partial charge in [-0.1, -0.05) is 18.2 Å². The quantitative estimate of drug-likeness (QED) is 0.686. The average Bonchev–Trinajstić information content (AvgIpc) is 2.27. The summed E-state index contributed by atoms with van der Waals surface area (Å²) in [5.74, 6) is 0. The lowest BCUT2D eigenvalue weighted by Crippen LogP contribution is -1.89. The highest BCUT2D eigenvalue weighted by atomic mass is 35.5. The van der Waals surface area contributed by atoms with E-state index in [1.165, 1.54) is 0 Å². The van der Waals surface area contributed by atoms with Gasteiger partial charge in [-0.2, -0.15) is 5.26 Å². The van der Waals surface area contributed by atoms with E-state index in [0.29, 0.717) is 11.1 Å². The van der Waals surface area contributed by atoms with E-state index in [1.54, 1.807) is 24.3 Å². The first-order valence-electron chi connectivity index (χ1n) is 4.35. The zero-order chi connectivity index (χ0) is 10.8. The molecule has 2 nitrogen and oxygen atoms in total. The van der Waals surface area contributed by atoms with Crippen molar-refractivity contribution in [3.8, 4) is 6.07 Å². The smallest absolute Gasteiger partial charge is 0.252 e. The lowest BCUT2D eigenvalue weighted by molar-refractivity contribution is 0.108. The van der Waals surface area contributed by atoms with Gasteiger partial charge in [-0.05, 0) is 35.2 Å². The standard InChI is InChI=1S/C12H6ClNO/c13-12(15)9-5-4-8-2-1-3-10(7-14)11(8)6-9/h1-6H. The molecule has 0 aliphatic carbocycles. The highest BCUT2D eigenvalue weighted by Crippen LogP contribution is 2.20. The summed E-state index contributed by atoms with van der Waals surface area (Å²) in [5, 5.41) is 10.1. The summed E-state index contributed by atoms with van der Waals surface area (Å²) in [6, 6.07) is 12.6. The third kappa shape index (κ3) is 1.70. The molecule has 0 heterocycles. The lowest BCUT2D eigenvalue weighted by Gasteiger charge is -2.01. The molecular formula is C12H6ClNO. The molecule has 15 heavy (non-hydrogen) atoms. The van der Waals surface area contributed by atoms with Gasteiger partial charge in [-0.3, -0.25) is 4.79 Å². The van der Waals surface area contributed by atoms with E-state index in [2.05, 4.69) is 6.07 Å². The molecule has 0 unspecified atom stereocenters. The maximum atomic E-state index is 11.0. The number of rotatable bonds is 1. The molecule has 0 atom stereocenters. The monoisotopic (exact) mass is 215 g/mol. The minimum Gasteiger partial charge on any atom is -0.276 e. The van der Waals surface area contributed by atoms with Crippen molar-refractivity contribution in [2.24, 2.45) is 0 Å². The van der Waals surface area contributed by atoms with Crippen LogP contribution >= 0.6 is 11.6 Å². The van der Waals surface area contributed by atoms with E-state index in [-0.39, 0.29) is 0 Å². The Balaban J connectivity index is 2.80. The Kier molecular flexibility index (Phi) is 2.40. The number of halogens is 1. The fourth-order valence-electron chi connectivity index (χ4n) is 1.49. The van der Waals surface area contributed by atoms with Gasteiger partial charge in [0.15, 0.2) is 0 Å². The van der Waals surface area contributed by atoms with Gasteiger partial charge in [0.25, 0.3) is 5.24 Å². The fraction of sp³-hybridized carbons (Fsp3) is 0. The van der Waals surface area contributed by atoms with Crippen molar-refractivity contribution in [2.45, 2.75) is 0 Å². The maximum absolute atomic E-state index is 11.0. The van der Waals surface area contributed by atoms with Crippen molar-refractivity contribution >= 4 is 27.6 Å². The normalized spacial score (nSPS) is 9.87. The number of benzene rings is 2. The Bertz CT molecular complexity index is 584. The largest absolute Gasteiger partial charge is 0.276 e. The van der Waals surface area contributed by atoms with Gasteiger partial charge in [0, 0.05) is 10.9 Å². The minimum absolute atomic E-state index is 0.409. The molecule has 2 aromatic rings. The predicted molar refractivity (Wildman–Crippen MR) is 58.8 cm³/mol. The van der Waals surface area contributed by atoms with Crippen LogP contribution in [0.25, 0.3) is 10.8 Å². The number of carbonyl (C=O) groups is 1. The molecule has 0 saturated heterocycles. The third-order valence-corrected chi connectivity index (χ3v) is 2.45. The van der Waals surface area contributed by atoms with E-state index >= 15 is 0 Å². The van der Waals surface area contributed by atoms with E-state index in [1.807, 2.05) is 12.1 Å². The molecule has 72 valence electrons. The second kappa shape index (κ2) is 3.72. The van der Waals surface area contributed by atoms with E-state index < -0.39 is 5.24 Å². The van der Waals surface area contributed by atoms with E-state index in [9.17, 15) is 4.79 Å². The number of carbonyl (C=O) groups excluding carboxylic acids is 1. The van der Waals surface area contributed by atoms with E-state index in [4.69, 9.17) is 16.9 Å². The molecule has 0 fully saturated rings. The van der Waals surface area contributed by atoms with Gasteiger partial charge >= 0.3 is 0 Å². The van der Waals surface area contributed by atoms with Crippen LogP contribution in [-0.4, -0.2) is 5.24 Å². The van der Waals surface area contributed by atoms with Gasteiger partial charge in [0.2, 0.25) is 0 Å². The van der Waals surface area contributed by atoms with Crippen molar-refractivity contribution in [3.63, 3.8) is 0 Å². The van der Waals surface area contributed by atoms with Crippen molar-refractivity contribution in [1.29, 1.82) is 5.26 Å². The molecule has 0 bridgehead atoms. The summed E-state index contributed by atoms with van der Waals surface area (Å²) in [7, 11) is 0. The molecule has 0 aliphatic heterocycles. The van der Waals surface area contributed by atoms with E-state index in [0.717, 1.165) is 10.8 Å². The molecular weight excluding hydrogens is 210 g/mol. The number of fused-ring (bicyclic) bond motifs is 1. The summed E-state index contributed by atoms with van der Waals surface area (Å²) < 4.78 is 0. The highest BCUT2D eigenvalue weighted by Gasteiger charge is 2.05. The third-order valence-electron chi connectivity index (χ3n) is 2.23. The molecule has 0 spiro atoms. The van der Waals surface area contributed by atoms with Crippen LogP contribution in [0.1, 0.15) is 15.9 Å². The molecule has 0 amide bonds. The lowest BCUT2D eigenvalue weighted by atomic mass is 10.0. The van der Waals surface area contributed by atoms with Crippen LogP contribution < -0.4 is 0 Å². The van der Waals surface area contributed by atoms with Crippen LogP contribution in [0.4, 0.5) is 0 Å². The molecule has 0 aliphatic rings. The Hall–Kier alpha value is -1.85. The first-order valence-corrected chi connectivity index (χ1v) is 4.73. The highest BCUT2D eigenvalue weighted by molar-refractivity contribution is 6.67. The second-order valence-corrected chi connectivity index (χ2v) is 3.47. The number of hydrogen-bond donors (Lipinski definition) is 0. The van der Waals surface area contributed by atoms with Crippen LogP contribution in [0.3, 0.4) is 0 Å². The summed E-state index contributed by atoms with van der Waals surface area (Å²) in [6.07, 6.45) is 0. The van der Waals surface area contributed by atoms with Gasteiger partial charge in [-0.15, -0.1) is 0 Å². The molecule has 0 saturated carbocycles. The van der Waals surface area contributed by atoms with Gasteiger partial charge in [-0.25, -0.2) is 0 Å². The van der Waals surface area contributed by atoms with Crippen molar-refractivity contribution in [3.05, 3.63) is 47.5 Å². The predicted octanol–water partition coefficient (Wildman–Crippen LogP) is 3.09. The Labute approximate surface area is 91.7 Å². The SMILES string of the molecule is N#Cc1cccc2ccc(C(=O)Cl)cc12. The summed E-state index contributed by atoms with van der Waals surface area (Å²) >= 11 is 5.38. The number of nitriles is 1. The van der Waals surface area contributed by atoms with Crippen LogP contribution in [0.2, 0.25) is 0 Å². The van der Waals surface area contributed by atoms with Crippen LogP contribution in [0, 0.1) is 11.3 Å². The molecule has 2 aromatic carbocycles. The summed E-state index contributed by atoms with van der Waals surface area (Å²) in [5.41, 5.74) is 0.958. The first-order chi connectivity index (χ1) is 7.22. The van der Waals surface area contributed by atoms with Crippen LogP contribution in [0.5, 0.6) is 0 Å². The van der Waals surface area contributed by atoms with Gasteiger partial charge in [0.05, 0.1) is 11.6 Å². The fourth-order valence-corrected chi connectivity index (χ4v) is 1.61. The molecule has 0 aromatic heterocycles. The van der Waals surface area contributed by atoms with Crippen molar-refractivity contribution in [2.75, 3.05) is 0 Å². The summed E-state index contributed by atoms with van der Waals surface area (Å²) in [6.45, 7) is 0. The van der Waals surface area contributed by atoms with Gasteiger partial charge in [0.1, 0.15) is 0 Å². The molecule has 0 N–H and O–H groups in total. The minimum atomic E-state index is -0.510. The molecule has 3 heteroatoms. The molecule has 0 radical (unpaired) electrons. The first kappa shape index (κ1) is 9.70. The Morgan fingerprint density at radius 1 is 1.27 bits per heavy atom. The second-order valence-electron chi connectivity index (χ2n) is 3.13. The van der Waals surface area contributed by atoms with Crippen LogP contribution in [-0.2, 0) is 0 Å².